The highest BCUT2D eigenvalue weighted by Crippen LogP contribution is 2.54. The predicted octanol–water partition coefficient (Wildman–Crippen LogP) is 3.59. The lowest BCUT2D eigenvalue weighted by atomic mass is 9.86. The molecule has 128 valence electrons. The number of hydrogen-bond donors (Lipinski definition) is 1. The van der Waals surface area contributed by atoms with Crippen molar-refractivity contribution < 1.29 is 9.59 Å². The van der Waals surface area contributed by atoms with Gasteiger partial charge in [0, 0.05) is 0 Å². The molecule has 0 spiro atoms. The van der Waals surface area contributed by atoms with Gasteiger partial charge in [0.05, 0.1) is 6.54 Å². The third-order valence-electron chi connectivity index (χ3n) is 5.76. The van der Waals surface area contributed by atoms with Gasteiger partial charge in [-0.25, -0.2) is 4.79 Å². The number of nitrogens with zero attached hydrogens (tertiary/aromatic N) is 1. The molecule has 0 radical (unpaired) electrons. The molecule has 3 amide bonds. The lowest BCUT2D eigenvalue weighted by Crippen LogP contribution is -2.51. The van der Waals surface area contributed by atoms with Gasteiger partial charge in [0.25, 0.3) is 5.91 Å². The number of carbonyl (C=O) groups excluding carboxylic acids is 2. The molecule has 0 aromatic heterocycles. The van der Waals surface area contributed by atoms with Gasteiger partial charge in [0.2, 0.25) is 0 Å². The van der Waals surface area contributed by atoms with Crippen molar-refractivity contribution in [3.63, 3.8) is 0 Å². The van der Waals surface area contributed by atoms with Crippen LogP contribution in [0, 0.1) is 11.8 Å². The average molecular weight is 326 g/mol. The van der Waals surface area contributed by atoms with Crippen molar-refractivity contribution in [2.24, 2.45) is 11.8 Å². The Hall–Kier alpha value is -1.84. The SMILES string of the molecule is CC(C)(C)c1ccc(CN2C(=O)NC(C3CC3)(C3CC3)C2=O)cc1. The molecule has 4 heteroatoms. The van der Waals surface area contributed by atoms with Gasteiger partial charge in [-0.2, -0.15) is 0 Å². The van der Waals surface area contributed by atoms with E-state index in [1.807, 2.05) is 12.1 Å². The van der Waals surface area contributed by atoms with Crippen LogP contribution in [-0.4, -0.2) is 22.4 Å². The number of amides is 3. The summed E-state index contributed by atoms with van der Waals surface area (Å²) in [5.74, 6) is 0.724. The molecule has 1 aromatic carbocycles. The summed E-state index contributed by atoms with van der Waals surface area (Å²) in [7, 11) is 0. The van der Waals surface area contributed by atoms with Gasteiger partial charge in [-0.05, 0) is 54.1 Å². The van der Waals surface area contributed by atoms with E-state index < -0.39 is 5.54 Å². The molecule has 3 fully saturated rings. The molecule has 1 heterocycles. The first-order valence-corrected chi connectivity index (χ1v) is 9.06. The van der Waals surface area contributed by atoms with Crippen molar-refractivity contribution in [3.8, 4) is 0 Å². The molecule has 1 aromatic rings. The second-order valence-corrected chi connectivity index (χ2v) is 8.69. The molecule has 1 N–H and O–H groups in total. The molecule has 3 aliphatic rings. The zero-order chi connectivity index (χ0) is 17.1. The molecule has 24 heavy (non-hydrogen) atoms. The fraction of sp³-hybridized carbons (Fsp3) is 0.600. The summed E-state index contributed by atoms with van der Waals surface area (Å²) in [6.07, 6.45) is 4.26. The highest BCUT2D eigenvalue weighted by atomic mass is 16.2. The van der Waals surface area contributed by atoms with Crippen LogP contribution in [0.2, 0.25) is 0 Å². The van der Waals surface area contributed by atoms with Gasteiger partial charge in [-0.1, -0.05) is 45.0 Å². The second kappa shape index (κ2) is 5.08. The maximum absolute atomic E-state index is 13.1. The quantitative estimate of drug-likeness (QED) is 0.860. The van der Waals surface area contributed by atoms with Crippen LogP contribution in [0.4, 0.5) is 4.79 Å². The highest BCUT2D eigenvalue weighted by molar-refractivity contribution is 6.07. The minimum atomic E-state index is -0.581. The Labute approximate surface area is 143 Å². The van der Waals surface area contributed by atoms with Crippen LogP contribution in [0.15, 0.2) is 24.3 Å². The summed E-state index contributed by atoms with van der Waals surface area (Å²) in [5, 5.41) is 3.08. The normalized spacial score (nSPS) is 23.5. The van der Waals surface area contributed by atoms with Crippen molar-refractivity contribution in [3.05, 3.63) is 35.4 Å². The molecule has 1 saturated heterocycles. The van der Waals surface area contributed by atoms with E-state index in [0.717, 1.165) is 31.2 Å². The zero-order valence-corrected chi connectivity index (χ0v) is 14.8. The van der Waals surface area contributed by atoms with E-state index in [9.17, 15) is 9.59 Å². The van der Waals surface area contributed by atoms with Crippen LogP contribution in [0.3, 0.4) is 0 Å². The number of rotatable bonds is 4. The number of carbonyl (C=O) groups is 2. The lowest BCUT2D eigenvalue weighted by molar-refractivity contribution is -0.133. The first-order chi connectivity index (χ1) is 11.3. The standard InChI is InChI=1S/C20H26N2O2/c1-19(2,3)14-6-4-13(5-7-14)12-22-17(23)20(15-8-9-15,16-10-11-16)21-18(22)24/h4-7,15-16H,8-12H2,1-3H3,(H,21,24). The third kappa shape index (κ3) is 2.43. The van der Waals surface area contributed by atoms with Gasteiger partial charge in [-0.15, -0.1) is 0 Å². The van der Waals surface area contributed by atoms with Crippen LogP contribution in [-0.2, 0) is 16.8 Å². The van der Waals surface area contributed by atoms with Gasteiger partial charge < -0.3 is 5.32 Å². The maximum atomic E-state index is 13.1. The summed E-state index contributed by atoms with van der Waals surface area (Å²) in [6.45, 7) is 6.91. The average Bonchev–Trinajstić information content (AvgIpc) is 3.41. The van der Waals surface area contributed by atoms with Crippen LogP contribution < -0.4 is 5.32 Å². The number of hydrogen-bond acceptors (Lipinski definition) is 2. The van der Waals surface area contributed by atoms with E-state index in [1.165, 1.54) is 10.5 Å². The number of urea groups is 1. The van der Waals surface area contributed by atoms with E-state index in [-0.39, 0.29) is 17.4 Å². The molecule has 1 aliphatic heterocycles. The monoisotopic (exact) mass is 326 g/mol. The van der Waals surface area contributed by atoms with Crippen LogP contribution in [0.5, 0.6) is 0 Å². The van der Waals surface area contributed by atoms with Crippen molar-refractivity contribution >= 4 is 11.9 Å². The Morgan fingerprint density at radius 3 is 2.04 bits per heavy atom. The number of benzene rings is 1. The van der Waals surface area contributed by atoms with E-state index in [0.29, 0.717) is 18.4 Å². The van der Waals surface area contributed by atoms with Crippen LogP contribution >= 0.6 is 0 Å². The molecule has 2 saturated carbocycles. The summed E-state index contributed by atoms with van der Waals surface area (Å²) < 4.78 is 0. The van der Waals surface area contributed by atoms with E-state index in [4.69, 9.17) is 0 Å². The molecule has 0 bridgehead atoms. The van der Waals surface area contributed by atoms with Crippen molar-refractivity contribution in [2.75, 3.05) is 0 Å². The van der Waals surface area contributed by atoms with Crippen LogP contribution in [0.1, 0.15) is 57.6 Å². The molecular formula is C20H26N2O2. The maximum Gasteiger partial charge on any atom is 0.325 e. The van der Waals surface area contributed by atoms with E-state index in [1.54, 1.807) is 0 Å². The van der Waals surface area contributed by atoms with Crippen molar-refractivity contribution in [1.82, 2.24) is 10.2 Å². The minimum Gasteiger partial charge on any atom is -0.323 e. The summed E-state index contributed by atoms with van der Waals surface area (Å²) in [6, 6.07) is 8.06. The zero-order valence-electron chi connectivity index (χ0n) is 14.8. The smallest absolute Gasteiger partial charge is 0.323 e. The number of nitrogens with one attached hydrogen (secondary N) is 1. The predicted molar refractivity (Wildman–Crippen MR) is 92.4 cm³/mol. The fourth-order valence-corrected chi connectivity index (χ4v) is 4.01. The Kier molecular flexibility index (Phi) is 3.32. The van der Waals surface area contributed by atoms with Gasteiger partial charge in [0.15, 0.2) is 0 Å². The van der Waals surface area contributed by atoms with Gasteiger partial charge in [0.1, 0.15) is 5.54 Å². The van der Waals surface area contributed by atoms with Crippen LogP contribution in [0.25, 0.3) is 0 Å². The van der Waals surface area contributed by atoms with E-state index in [2.05, 4.69) is 38.2 Å². The Morgan fingerprint density at radius 1 is 1.04 bits per heavy atom. The first-order valence-electron chi connectivity index (χ1n) is 9.06. The largest absolute Gasteiger partial charge is 0.325 e. The third-order valence-corrected chi connectivity index (χ3v) is 5.76. The number of imide groups is 1. The summed E-state index contributed by atoms with van der Waals surface area (Å²) in [5.41, 5.74) is 1.79. The molecule has 2 aliphatic carbocycles. The second-order valence-electron chi connectivity index (χ2n) is 8.69. The van der Waals surface area contributed by atoms with Gasteiger partial charge >= 0.3 is 6.03 Å². The van der Waals surface area contributed by atoms with Crippen molar-refractivity contribution in [1.29, 1.82) is 0 Å². The summed E-state index contributed by atoms with van der Waals surface area (Å²) in [4.78, 5) is 27.0. The minimum absolute atomic E-state index is 0.0115. The summed E-state index contributed by atoms with van der Waals surface area (Å²) >= 11 is 0. The Bertz CT molecular complexity index is 667. The topological polar surface area (TPSA) is 49.4 Å². The van der Waals surface area contributed by atoms with Gasteiger partial charge in [-0.3, -0.25) is 9.69 Å². The molecule has 4 nitrogen and oxygen atoms in total. The fourth-order valence-electron chi connectivity index (χ4n) is 4.01. The molecule has 4 rings (SSSR count). The van der Waals surface area contributed by atoms with E-state index >= 15 is 0 Å². The lowest BCUT2D eigenvalue weighted by Gasteiger charge is -2.26. The Morgan fingerprint density at radius 2 is 1.58 bits per heavy atom. The Balaban J connectivity index is 1.54. The van der Waals surface area contributed by atoms with Crippen molar-refractivity contribution in [2.45, 2.75) is 64.0 Å². The highest BCUT2D eigenvalue weighted by Gasteiger charge is 2.65. The first kappa shape index (κ1) is 15.7. The molecule has 0 unspecified atom stereocenters. The molecule has 0 atom stereocenters. The molecular weight excluding hydrogens is 300 g/mol.